The average Bonchev–Trinajstić information content (AvgIpc) is 3.01. The fourth-order valence-corrected chi connectivity index (χ4v) is 4.11. The molecule has 8 heteroatoms. The summed E-state index contributed by atoms with van der Waals surface area (Å²) in [6.45, 7) is 0.624. The summed E-state index contributed by atoms with van der Waals surface area (Å²) in [5.41, 5.74) is 7.46. The zero-order chi connectivity index (χ0) is 20.4. The SMILES string of the molecule is COc1ccc(-n2c(=O)n(CC3CCC(OC(N)=O)CC3)c3ccccc32)cn1. The van der Waals surface area contributed by atoms with E-state index in [-0.39, 0.29) is 11.8 Å². The number of para-hydroxylation sites is 2. The molecule has 0 unspecified atom stereocenters. The number of nitrogens with two attached hydrogens (primary N) is 1. The van der Waals surface area contributed by atoms with Gasteiger partial charge in [0.2, 0.25) is 5.88 Å². The number of carbonyl (C=O) groups is 1. The van der Waals surface area contributed by atoms with Crippen LogP contribution in [-0.4, -0.2) is 33.4 Å². The first-order chi connectivity index (χ1) is 14.1. The zero-order valence-corrected chi connectivity index (χ0v) is 16.3. The number of ether oxygens (including phenoxy) is 2. The van der Waals surface area contributed by atoms with Gasteiger partial charge < -0.3 is 15.2 Å². The lowest BCUT2D eigenvalue weighted by molar-refractivity contribution is 0.0687. The predicted molar refractivity (Wildman–Crippen MR) is 108 cm³/mol. The van der Waals surface area contributed by atoms with Crippen molar-refractivity contribution in [1.82, 2.24) is 14.1 Å². The Kier molecular flexibility index (Phi) is 5.24. The van der Waals surface area contributed by atoms with Gasteiger partial charge >= 0.3 is 11.8 Å². The van der Waals surface area contributed by atoms with Crippen LogP contribution in [0.2, 0.25) is 0 Å². The molecule has 29 heavy (non-hydrogen) atoms. The number of imidazole rings is 1. The minimum atomic E-state index is -0.721. The molecule has 1 amide bonds. The number of nitrogens with zero attached hydrogens (tertiary/aromatic N) is 3. The van der Waals surface area contributed by atoms with Gasteiger partial charge in [-0.1, -0.05) is 12.1 Å². The Labute approximate surface area is 167 Å². The Morgan fingerprint density at radius 1 is 1.14 bits per heavy atom. The van der Waals surface area contributed by atoms with Crippen molar-refractivity contribution in [2.45, 2.75) is 38.3 Å². The summed E-state index contributed by atoms with van der Waals surface area (Å²) < 4.78 is 13.7. The maximum absolute atomic E-state index is 13.3. The van der Waals surface area contributed by atoms with E-state index in [9.17, 15) is 9.59 Å². The van der Waals surface area contributed by atoms with Gasteiger partial charge in [0.05, 0.1) is 30.0 Å². The topological polar surface area (TPSA) is 101 Å². The molecule has 152 valence electrons. The number of carbonyl (C=O) groups excluding carboxylic acids is 1. The van der Waals surface area contributed by atoms with Crippen molar-refractivity contribution in [2.75, 3.05) is 7.11 Å². The largest absolute Gasteiger partial charge is 0.481 e. The van der Waals surface area contributed by atoms with Crippen molar-refractivity contribution < 1.29 is 14.3 Å². The third-order valence-corrected chi connectivity index (χ3v) is 5.54. The fourth-order valence-electron chi connectivity index (χ4n) is 4.11. The number of primary amides is 1. The van der Waals surface area contributed by atoms with E-state index in [4.69, 9.17) is 15.2 Å². The van der Waals surface area contributed by atoms with Crippen LogP contribution < -0.4 is 16.2 Å². The summed E-state index contributed by atoms with van der Waals surface area (Å²) in [4.78, 5) is 28.5. The molecule has 0 spiro atoms. The van der Waals surface area contributed by atoms with Gasteiger partial charge in [-0.05, 0) is 49.8 Å². The van der Waals surface area contributed by atoms with Crippen LogP contribution in [0.4, 0.5) is 4.79 Å². The number of benzene rings is 1. The molecule has 1 fully saturated rings. The zero-order valence-electron chi connectivity index (χ0n) is 16.3. The van der Waals surface area contributed by atoms with Crippen molar-refractivity contribution >= 4 is 17.1 Å². The van der Waals surface area contributed by atoms with Crippen LogP contribution in [0.3, 0.4) is 0 Å². The standard InChI is InChI=1S/C21H24N4O4/c1-28-19-11-8-15(12-23-19)25-18-5-3-2-4-17(18)24(21(25)27)13-14-6-9-16(10-7-14)29-20(22)26/h2-5,8,11-12,14,16H,6-7,9-10,13H2,1H3,(H2,22,26). The van der Waals surface area contributed by atoms with Crippen LogP contribution in [-0.2, 0) is 11.3 Å². The Balaban J connectivity index is 1.63. The highest BCUT2D eigenvalue weighted by Gasteiger charge is 2.25. The molecule has 0 bridgehead atoms. The molecule has 0 radical (unpaired) electrons. The highest BCUT2D eigenvalue weighted by atomic mass is 16.6. The van der Waals surface area contributed by atoms with E-state index in [1.807, 2.05) is 34.9 Å². The first kappa shape index (κ1) is 19.0. The van der Waals surface area contributed by atoms with Gasteiger partial charge in [0.1, 0.15) is 6.10 Å². The molecular weight excluding hydrogens is 372 g/mol. The highest BCUT2D eigenvalue weighted by molar-refractivity contribution is 5.78. The van der Waals surface area contributed by atoms with E-state index in [0.717, 1.165) is 36.7 Å². The monoisotopic (exact) mass is 396 g/mol. The first-order valence-corrected chi connectivity index (χ1v) is 9.73. The molecule has 2 N–H and O–H groups in total. The molecule has 0 aliphatic heterocycles. The molecule has 1 saturated carbocycles. The highest BCUT2D eigenvalue weighted by Crippen LogP contribution is 2.28. The van der Waals surface area contributed by atoms with Crippen LogP contribution >= 0.6 is 0 Å². The molecule has 2 heterocycles. The van der Waals surface area contributed by atoms with Crippen molar-refractivity contribution in [3.63, 3.8) is 0 Å². The number of hydrogen-bond donors (Lipinski definition) is 1. The van der Waals surface area contributed by atoms with Gasteiger partial charge in [0.15, 0.2) is 0 Å². The molecule has 1 aliphatic carbocycles. The second-order valence-electron chi connectivity index (χ2n) is 7.36. The van der Waals surface area contributed by atoms with Crippen molar-refractivity contribution in [3.05, 3.63) is 53.1 Å². The van der Waals surface area contributed by atoms with Crippen LogP contribution in [0.1, 0.15) is 25.7 Å². The van der Waals surface area contributed by atoms with Crippen molar-refractivity contribution in [3.8, 4) is 11.6 Å². The fraction of sp³-hybridized carbons (Fsp3) is 0.381. The quantitative estimate of drug-likeness (QED) is 0.715. The molecule has 4 rings (SSSR count). The third kappa shape index (κ3) is 3.83. The number of rotatable bonds is 5. The van der Waals surface area contributed by atoms with Gasteiger partial charge in [-0.2, -0.15) is 0 Å². The Morgan fingerprint density at radius 2 is 1.86 bits per heavy atom. The van der Waals surface area contributed by atoms with E-state index in [0.29, 0.717) is 24.0 Å². The number of amides is 1. The lowest BCUT2D eigenvalue weighted by Gasteiger charge is -2.27. The van der Waals surface area contributed by atoms with E-state index in [1.165, 1.54) is 0 Å². The Hall–Kier alpha value is -3.29. The number of hydrogen-bond acceptors (Lipinski definition) is 5. The normalized spacial score (nSPS) is 19.2. The van der Waals surface area contributed by atoms with Crippen LogP contribution in [0.15, 0.2) is 47.4 Å². The number of pyridine rings is 1. The smallest absolute Gasteiger partial charge is 0.404 e. The number of aromatic nitrogens is 3. The first-order valence-electron chi connectivity index (χ1n) is 9.73. The van der Waals surface area contributed by atoms with Gasteiger partial charge in [0, 0.05) is 12.6 Å². The summed E-state index contributed by atoms with van der Waals surface area (Å²) in [5, 5.41) is 0. The third-order valence-electron chi connectivity index (χ3n) is 5.54. The van der Waals surface area contributed by atoms with Crippen LogP contribution in [0.25, 0.3) is 16.7 Å². The summed E-state index contributed by atoms with van der Waals surface area (Å²) in [6, 6.07) is 11.3. The Bertz CT molecular complexity index is 1060. The summed E-state index contributed by atoms with van der Waals surface area (Å²) >= 11 is 0. The molecular formula is C21H24N4O4. The minimum absolute atomic E-state index is 0.0892. The minimum Gasteiger partial charge on any atom is -0.481 e. The lowest BCUT2D eigenvalue weighted by atomic mass is 9.87. The lowest BCUT2D eigenvalue weighted by Crippen LogP contribution is -2.31. The molecule has 0 atom stereocenters. The predicted octanol–water partition coefficient (Wildman–Crippen LogP) is 2.85. The Morgan fingerprint density at radius 3 is 2.48 bits per heavy atom. The maximum atomic E-state index is 13.3. The van der Waals surface area contributed by atoms with Gasteiger partial charge in [0.25, 0.3) is 0 Å². The van der Waals surface area contributed by atoms with Crippen molar-refractivity contribution in [1.29, 1.82) is 0 Å². The van der Waals surface area contributed by atoms with E-state index < -0.39 is 6.09 Å². The summed E-state index contributed by atoms with van der Waals surface area (Å²) in [7, 11) is 1.56. The van der Waals surface area contributed by atoms with Gasteiger partial charge in [-0.25, -0.2) is 14.6 Å². The van der Waals surface area contributed by atoms with E-state index in [2.05, 4.69) is 4.98 Å². The number of methoxy groups -OCH3 is 1. The van der Waals surface area contributed by atoms with Gasteiger partial charge in [-0.3, -0.25) is 9.13 Å². The molecule has 1 aliphatic rings. The molecule has 0 saturated heterocycles. The summed E-state index contributed by atoms with van der Waals surface area (Å²) in [6.07, 6.45) is 4.10. The van der Waals surface area contributed by atoms with Crippen LogP contribution in [0, 0.1) is 5.92 Å². The molecule has 3 aromatic rings. The van der Waals surface area contributed by atoms with Crippen molar-refractivity contribution in [2.24, 2.45) is 11.7 Å². The van der Waals surface area contributed by atoms with E-state index in [1.54, 1.807) is 23.9 Å². The second-order valence-corrected chi connectivity index (χ2v) is 7.36. The molecule has 2 aromatic heterocycles. The molecule has 8 nitrogen and oxygen atoms in total. The van der Waals surface area contributed by atoms with Crippen LogP contribution in [0.5, 0.6) is 5.88 Å². The molecule has 1 aromatic carbocycles. The van der Waals surface area contributed by atoms with Gasteiger partial charge in [-0.15, -0.1) is 0 Å². The summed E-state index contributed by atoms with van der Waals surface area (Å²) in [5.74, 6) is 0.842. The second kappa shape index (κ2) is 7.98. The maximum Gasteiger partial charge on any atom is 0.404 e. The van der Waals surface area contributed by atoms with E-state index >= 15 is 0 Å². The number of fused-ring (bicyclic) bond motifs is 1. The average molecular weight is 396 g/mol.